The van der Waals surface area contributed by atoms with E-state index in [1.165, 1.54) is 0 Å². The number of phenolic OH excluding ortho intramolecular Hbond substituents is 1. The van der Waals surface area contributed by atoms with E-state index in [1.54, 1.807) is 19.1 Å². The third kappa shape index (κ3) is 1.91. The first kappa shape index (κ1) is 9.84. The van der Waals surface area contributed by atoms with E-state index in [0.717, 1.165) is 4.47 Å². The number of nitrogens with two attached hydrogens (primary N) is 1. The molecule has 0 saturated carbocycles. The number of aromatic hydroxyl groups is 1. The van der Waals surface area contributed by atoms with E-state index in [9.17, 15) is 5.11 Å². The van der Waals surface area contributed by atoms with Crippen LogP contribution in [0, 0.1) is 0 Å². The summed E-state index contributed by atoms with van der Waals surface area (Å²) in [4.78, 5) is 0. The molecule has 0 radical (unpaired) electrons. The Morgan fingerprint density at radius 2 is 2.17 bits per heavy atom. The van der Waals surface area contributed by atoms with Gasteiger partial charge in [-0.05, 0) is 19.1 Å². The highest BCUT2D eigenvalue weighted by atomic mass is 79.9. The molecule has 2 nitrogen and oxygen atoms in total. The Balaban J connectivity index is 3.28. The maximum absolute atomic E-state index is 9.46. The van der Waals surface area contributed by atoms with Crippen LogP contribution in [0.5, 0.6) is 5.75 Å². The molecule has 0 bridgehead atoms. The van der Waals surface area contributed by atoms with Crippen molar-refractivity contribution < 1.29 is 5.11 Å². The molecule has 4 heteroatoms. The van der Waals surface area contributed by atoms with Crippen LogP contribution in [-0.2, 0) is 0 Å². The molecule has 0 aliphatic rings. The average molecular weight is 251 g/mol. The van der Waals surface area contributed by atoms with Crippen LogP contribution in [0.2, 0.25) is 5.02 Å². The minimum atomic E-state index is -0.222. The summed E-state index contributed by atoms with van der Waals surface area (Å²) < 4.78 is 0.817. The van der Waals surface area contributed by atoms with Gasteiger partial charge in [0.25, 0.3) is 0 Å². The van der Waals surface area contributed by atoms with Gasteiger partial charge in [-0.2, -0.15) is 0 Å². The molecule has 0 unspecified atom stereocenters. The van der Waals surface area contributed by atoms with Gasteiger partial charge >= 0.3 is 0 Å². The van der Waals surface area contributed by atoms with Crippen molar-refractivity contribution in [3.8, 4) is 5.75 Å². The second kappa shape index (κ2) is 3.64. The third-order valence-electron chi connectivity index (χ3n) is 1.55. The summed E-state index contributed by atoms with van der Waals surface area (Å²) in [5.41, 5.74) is 6.26. The second-order valence-electron chi connectivity index (χ2n) is 2.61. The van der Waals surface area contributed by atoms with E-state index < -0.39 is 0 Å². The maximum atomic E-state index is 9.46. The van der Waals surface area contributed by atoms with E-state index >= 15 is 0 Å². The van der Waals surface area contributed by atoms with E-state index in [0.29, 0.717) is 10.6 Å². The Morgan fingerprint density at radius 3 is 2.67 bits per heavy atom. The fraction of sp³-hybridized carbons (Fsp3) is 0.250. The molecule has 0 heterocycles. The van der Waals surface area contributed by atoms with Crippen LogP contribution in [0.4, 0.5) is 0 Å². The topological polar surface area (TPSA) is 46.2 Å². The van der Waals surface area contributed by atoms with Crippen LogP contribution in [0.15, 0.2) is 16.6 Å². The SMILES string of the molecule is C[C@H](N)c1cc(Br)cc(Cl)c1O. The molecule has 12 heavy (non-hydrogen) atoms. The lowest BCUT2D eigenvalue weighted by molar-refractivity contribution is 0.464. The van der Waals surface area contributed by atoms with Crippen LogP contribution in [0.25, 0.3) is 0 Å². The normalized spacial score (nSPS) is 13.0. The highest BCUT2D eigenvalue weighted by Gasteiger charge is 2.10. The van der Waals surface area contributed by atoms with Crippen LogP contribution >= 0.6 is 27.5 Å². The average Bonchev–Trinajstić information content (AvgIpc) is 1.96. The Labute approximate surface area is 84.5 Å². The largest absolute Gasteiger partial charge is 0.506 e. The molecule has 1 aromatic rings. The van der Waals surface area contributed by atoms with Crippen molar-refractivity contribution in [2.75, 3.05) is 0 Å². The van der Waals surface area contributed by atoms with Gasteiger partial charge in [0.05, 0.1) is 5.02 Å². The zero-order valence-corrected chi connectivity index (χ0v) is 8.85. The van der Waals surface area contributed by atoms with Crippen LogP contribution in [0.1, 0.15) is 18.5 Å². The van der Waals surface area contributed by atoms with Crippen molar-refractivity contribution in [1.29, 1.82) is 0 Å². The van der Waals surface area contributed by atoms with Crippen LogP contribution in [0.3, 0.4) is 0 Å². The summed E-state index contributed by atoms with van der Waals surface area (Å²) in [6.45, 7) is 1.79. The Hall–Kier alpha value is -0.250. The van der Waals surface area contributed by atoms with Gasteiger partial charge in [-0.25, -0.2) is 0 Å². The van der Waals surface area contributed by atoms with E-state index in [1.807, 2.05) is 0 Å². The van der Waals surface area contributed by atoms with Gasteiger partial charge in [0.2, 0.25) is 0 Å². The maximum Gasteiger partial charge on any atom is 0.138 e. The van der Waals surface area contributed by atoms with E-state index in [2.05, 4.69) is 15.9 Å². The number of hydrogen-bond acceptors (Lipinski definition) is 2. The number of rotatable bonds is 1. The summed E-state index contributed by atoms with van der Waals surface area (Å²) in [6.07, 6.45) is 0. The number of phenols is 1. The summed E-state index contributed by atoms with van der Waals surface area (Å²) in [5.74, 6) is 0.0647. The minimum absolute atomic E-state index is 0.0647. The Morgan fingerprint density at radius 1 is 1.58 bits per heavy atom. The van der Waals surface area contributed by atoms with Crippen LogP contribution < -0.4 is 5.73 Å². The highest BCUT2D eigenvalue weighted by Crippen LogP contribution is 2.33. The predicted octanol–water partition coefficient (Wildman–Crippen LogP) is 2.83. The van der Waals surface area contributed by atoms with Crippen molar-refractivity contribution in [2.45, 2.75) is 13.0 Å². The predicted molar refractivity (Wildman–Crippen MR) is 53.4 cm³/mol. The zero-order chi connectivity index (χ0) is 9.30. The molecule has 3 N–H and O–H groups in total. The summed E-state index contributed by atoms with van der Waals surface area (Å²) >= 11 is 8.99. The summed E-state index contributed by atoms with van der Waals surface area (Å²) in [6, 6.07) is 3.16. The van der Waals surface area contributed by atoms with E-state index in [4.69, 9.17) is 17.3 Å². The van der Waals surface area contributed by atoms with Gasteiger partial charge in [-0.1, -0.05) is 27.5 Å². The molecule has 1 atom stereocenters. The van der Waals surface area contributed by atoms with Gasteiger partial charge in [0, 0.05) is 16.1 Å². The van der Waals surface area contributed by atoms with E-state index in [-0.39, 0.29) is 11.8 Å². The monoisotopic (exact) mass is 249 g/mol. The van der Waals surface area contributed by atoms with Gasteiger partial charge < -0.3 is 10.8 Å². The number of benzene rings is 1. The van der Waals surface area contributed by atoms with Crippen molar-refractivity contribution >= 4 is 27.5 Å². The summed E-state index contributed by atoms with van der Waals surface area (Å²) in [5, 5.41) is 9.78. The van der Waals surface area contributed by atoms with Crippen LogP contribution in [-0.4, -0.2) is 5.11 Å². The number of halogens is 2. The first-order valence-corrected chi connectivity index (χ1v) is 4.63. The lowest BCUT2D eigenvalue weighted by Gasteiger charge is -2.09. The molecule has 0 aliphatic carbocycles. The summed E-state index contributed by atoms with van der Waals surface area (Å²) in [7, 11) is 0. The molecule has 0 amide bonds. The molecule has 1 rings (SSSR count). The Kier molecular flexibility index (Phi) is 2.99. The molecular formula is C8H9BrClNO. The van der Waals surface area contributed by atoms with Crippen molar-refractivity contribution in [3.63, 3.8) is 0 Å². The van der Waals surface area contributed by atoms with Crippen molar-refractivity contribution in [3.05, 3.63) is 27.2 Å². The molecule has 0 fully saturated rings. The molecular weight excluding hydrogens is 241 g/mol. The highest BCUT2D eigenvalue weighted by molar-refractivity contribution is 9.10. The van der Waals surface area contributed by atoms with Gasteiger partial charge in [0.15, 0.2) is 0 Å². The fourth-order valence-electron chi connectivity index (χ4n) is 0.933. The lowest BCUT2D eigenvalue weighted by atomic mass is 10.1. The first-order valence-electron chi connectivity index (χ1n) is 3.46. The smallest absolute Gasteiger partial charge is 0.138 e. The molecule has 0 aliphatic heterocycles. The minimum Gasteiger partial charge on any atom is -0.506 e. The standard InChI is InChI=1S/C8H9BrClNO/c1-4(11)6-2-5(9)3-7(10)8(6)12/h2-4,12H,11H2,1H3/t4-/m0/s1. The molecule has 0 spiro atoms. The molecule has 1 aromatic carbocycles. The van der Waals surface area contributed by atoms with Gasteiger partial charge in [-0.15, -0.1) is 0 Å². The zero-order valence-electron chi connectivity index (χ0n) is 6.51. The fourth-order valence-corrected chi connectivity index (χ4v) is 1.77. The first-order chi connectivity index (χ1) is 5.52. The molecule has 66 valence electrons. The molecule has 0 aromatic heterocycles. The van der Waals surface area contributed by atoms with Gasteiger partial charge in [-0.3, -0.25) is 0 Å². The van der Waals surface area contributed by atoms with Crippen molar-refractivity contribution in [1.82, 2.24) is 0 Å². The third-order valence-corrected chi connectivity index (χ3v) is 2.29. The quantitative estimate of drug-likeness (QED) is 0.805. The lowest BCUT2D eigenvalue weighted by Crippen LogP contribution is -2.05. The van der Waals surface area contributed by atoms with Gasteiger partial charge in [0.1, 0.15) is 5.75 Å². The number of hydrogen-bond donors (Lipinski definition) is 2. The Bertz CT molecular complexity index is 301. The second-order valence-corrected chi connectivity index (χ2v) is 3.94. The molecule has 0 saturated heterocycles. The van der Waals surface area contributed by atoms with Crippen molar-refractivity contribution in [2.24, 2.45) is 5.73 Å².